The molecule has 0 radical (unpaired) electrons. The molecule has 0 N–H and O–H groups in total. The molecule has 0 fully saturated rings. The van der Waals surface area contributed by atoms with E-state index in [0.717, 1.165) is 36.0 Å². The summed E-state index contributed by atoms with van der Waals surface area (Å²) in [7, 11) is 0. The second kappa shape index (κ2) is 12.1. The maximum absolute atomic E-state index is 5.90. The van der Waals surface area contributed by atoms with Gasteiger partial charge in [-0.05, 0) is 72.4 Å². The van der Waals surface area contributed by atoms with Gasteiger partial charge in [0.25, 0.3) is 0 Å². The third-order valence-corrected chi connectivity index (χ3v) is 5.11. The summed E-state index contributed by atoms with van der Waals surface area (Å²) in [5.41, 5.74) is 3.38. The van der Waals surface area contributed by atoms with E-state index in [4.69, 9.17) is 14.2 Å². The highest BCUT2D eigenvalue weighted by Gasteiger charge is 2.13. The van der Waals surface area contributed by atoms with E-state index in [-0.39, 0.29) is 18.0 Å². The summed E-state index contributed by atoms with van der Waals surface area (Å²) in [6.45, 7) is 11.3. The number of hydrogen-bond acceptors (Lipinski definition) is 6. The Morgan fingerprint density at radius 2 is 0.694 bits per heavy atom. The van der Waals surface area contributed by atoms with Gasteiger partial charge in [-0.1, -0.05) is 54.6 Å². The van der Waals surface area contributed by atoms with Crippen molar-refractivity contribution in [1.29, 1.82) is 0 Å². The third kappa shape index (κ3) is 6.90. The zero-order chi connectivity index (χ0) is 25.2. The predicted molar refractivity (Wildman–Crippen MR) is 141 cm³/mol. The second-order valence-corrected chi connectivity index (χ2v) is 7.90. The number of allylic oxidation sites excluding steroid dienone is 3. The van der Waals surface area contributed by atoms with E-state index >= 15 is 0 Å². The van der Waals surface area contributed by atoms with E-state index in [9.17, 15) is 0 Å². The molecule has 0 aliphatic rings. The molecule has 0 aliphatic heterocycles. The molecule has 0 atom stereocenters. The largest absolute Gasteiger partial charge is 0.424 e. The van der Waals surface area contributed by atoms with E-state index in [1.807, 2.05) is 91.0 Å². The van der Waals surface area contributed by atoms with Gasteiger partial charge < -0.3 is 14.2 Å². The van der Waals surface area contributed by atoms with Gasteiger partial charge in [0.15, 0.2) is 0 Å². The molecule has 6 heteroatoms. The average Bonchev–Trinajstić information content (AvgIpc) is 2.88. The number of rotatable bonds is 12. The number of aromatic nitrogens is 3. The van der Waals surface area contributed by atoms with Crippen molar-refractivity contribution in [2.75, 3.05) is 0 Å². The average molecular weight is 478 g/mol. The van der Waals surface area contributed by atoms with Crippen LogP contribution in [0.3, 0.4) is 0 Å². The van der Waals surface area contributed by atoms with Gasteiger partial charge >= 0.3 is 18.0 Å². The van der Waals surface area contributed by atoms with Crippen LogP contribution in [0.5, 0.6) is 35.3 Å². The number of hydrogen-bond donors (Lipinski definition) is 0. The molecule has 0 unspecified atom stereocenters. The highest BCUT2D eigenvalue weighted by molar-refractivity contribution is 5.34. The monoisotopic (exact) mass is 477 g/mol. The van der Waals surface area contributed by atoms with Crippen LogP contribution in [0.25, 0.3) is 0 Å². The van der Waals surface area contributed by atoms with Crippen molar-refractivity contribution in [2.24, 2.45) is 0 Å². The summed E-state index contributed by atoms with van der Waals surface area (Å²) in [5, 5.41) is 0. The molecule has 36 heavy (non-hydrogen) atoms. The van der Waals surface area contributed by atoms with E-state index in [2.05, 4.69) is 34.7 Å². The number of benzene rings is 3. The Kier molecular flexibility index (Phi) is 8.22. The lowest BCUT2D eigenvalue weighted by Crippen LogP contribution is -2.01. The van der Waals surface area contributed by atoms with Crippen LogP contribution in [0.4, 0.5) is 0 Å². The van der Waals surface area contributed by atoms with Crippen molar-refractivity contribution in [1.82, 2.24) is 15.0 Å². The Balaban J connectivity index is 1.59. The highest BCUT2D eigenvalue weighted by Crippen LogP contribution is 2.27. The molecule has 0 saturated heterocycles. The molecule has 1 heterocycles. The lowest BCUT2D eigenvalue weighted by Gasteiger charge is -2.10. The summed E-state index contributed by atoms with van der Waals surface area (Å²) in [6, 6.07) is 23.0. The fourth-order valence-corrected chi connectivity index (χ4v) is 3.35. The molecular formula is C30H27N3O3. The normalized spacial score (nSPS) is 10.3. The minimum atomic E-state index is 0.0537. The SMILES string of the molecule is C=CCc1ccc(Oc2nc(Oc3ccc(CC=C)cc3)nc(Oc3ccc(CC=C)cc3)n2)cc1. The third-order valence-electron chi connectivity index (χ3n) is 5.11. The molecule has 4 rings (SSSR count). The van der Waals surface area contributed by atoms with Gasteiger partial charge in [-0.3, -0.25) is 0 Å². The van der Waals surface area contributed by atoms with Gasteiger partial charge in [-0.15, -0.1) is 34.7 Å². The lowest BCUT2D eigenvalue weighted by atomic mass is 10.1. The van der Waals surface area contributed by atoms with Crippen molar-refractivity contribution in [3.05, 3.63) is 127 Å². The first-order valence-corrected chi connectivity index (χ1v) is 11.5. The van der Waals surface area contributed by atoms with Crippen molar-refractivity contribution >= 4 is 0 Å². The standard InChI is InChI=1S/C30H27N3O3/c1-4-7-22-10-16-25(17-11-22)34-28-31-29(35-26-18-12-23(8-5-2)13-19-26)33-30(32-28)36-27-20-14-24(9-6-3)15-21-27/h4-6,10-21H,1-3,7-9H2. The Labute approximate surface area is 211 Å². The van der Waals surface area contributed by atoms with Crippen LogP contribution < -0.4 is 14.2 Å². The molecule has 180 valence electrons. The quantitative estimate of drug-likeness (QED) is 0.198. The van der Waals surface area contributed by atoms with Crippen LogP contribution in [0.15, 0.2) is 111 Å². The maximum Gasteiger partial charge on any atom is 0.331 e. The summed E-state index contributed by atoms with van der Waals surface area (Å²) in [5.74, 6) is 1.73. The molecular weight excluding hydrogens is 450 g/mol. The molecule has 0 saturated carbocycles. The molecule has 6 nitrogen and oxygen atoms in total. The van der Waals surface area contributed by atoms with E-state index < -0.39 is 0 Å². The summed E-state index contributed by atoms with van der Waals surface area (Å²) in [6.07, 6.45) is 7.88. The molecule has 0 aliphatic carbocycles. The van der Waals surface area contributed by atoms with Crippen LogP contribution in [0.2, 0.25) is 0 Å². The molecule has 0 amide bonds. The van der Waals surface area contributed by atoms with Crippen molar-refractivity contribution < 1.29 is 14.2 Å². The topological polar surface area (TPSA) is 66.4 Å². The first kappa shape index (κ1) is 24.4. The molecule has 0 bridgehead atoms. The van der Waals surface area contributed by atoms with Gasteiger partial charge in [0.05, 0.1) is 0 Å². The second-order valence-electron chi connectivity index (χ2n) is 7.90. The Morgan fingerprint density at radius 1 is 0.444 bits per heavy atom. The molecule has 3 aromatic carbocycles. The van der Waals surface area contributed by atoms with Crippen LogP contribution in [-0.2, 0) is 19.3 Å². The van der Waals surface area contributed by atoms with Crippen LogP contribution in [0.1, 0.15) is 16.7 Å². The fraction of sp³-hybridized carbons (Fsp3) is 0.100. The zero-order valence-corrected chi connectivity index (χ0v) is 20.0. The Bertz CT molecular complexity index is 1140. The van der Waals surface area contributed by atoms with Crippen LogP contribution in [0, 0.1) is 0 Å². The molecule has 1 aromatic heterocycles. The lowest BCUT2D eigenvalue weighted by molar-refractivity contribution is 0.362. The first-order valence-electron chi connectivity index (χ1n) is 11.5. The Morgan fingerprint density at radius 3 is 0.917 bits per heavy atom. The van der Waals surface area contributed by atoms with Crippen molar-refractivity contribution in [3.63, 3.8) is 0 Å². The summed E-state index contributed by atoms with van der Waals surface area (Å²) >= 11 is 0. The molecule has 0 spiro atoms. The summed E-state index contributed by atoms with van der Waals surface area (Å²) in [4.78, 5) is 13.0. The minimum absolute atomic E-state index is 0.0537. The summed E-state index contributed by atoms with van der Waals surface area (Å²) < 4.78 is 17.7. The van der Waals surface area contributed by atoms with E-state index in [0.29, 0.717) is 17.2 Å². The Hall–Kier alpha value is -4.71. The van der Waals surface area contributed by atoms with Crippen molar-refractivity contribution in [2.45, 2.75) is 19.3 Å². The van der Waals surface area contributed by atoms with Gasteiger partial charge in [0.2, 0.25) is 0 Å². The minimum Gasteiger partial charge on any atom is -0.424 e. The van der Waals surface area contributed by atoms with Gasteiger partial charge in [-0.2, -0.15) is 0 Å². The molecule has 4 aromatic rings. The van der Waals surface area contributed by atoms with E-state index in [1.165, 1.54) is 0 Å². The predicted octanol–water partition coefficient (Wildman–Crippen LogP) is 7.43. The van der Waals surface area contributed by atoms with Gasteiger partial charge in [0, 0.05) is 0 Å². The van der Waals surface area contributed by atoms with Crippen LogP contribution >= 0.6 is 0 Å². The van der Waals surface area contributed by atoms with Crippen LogP contribution in [-0.4, -0.2) is 15.0 Å². The maximum atomic E-state index is 5.90. The smallest absolute Gasteiger partial charge is 0.331 e. The van der Waals surface area contributed by atoms with E-state index in [1.54, 1.807) is 0 Å². The van der Waals surface area contributed by atoms with Crippen molar-refractivity contribution in [3.8, 4) is 35.3 Å². The number of ether oxygens (including phenoxy) is 3. The van der Waals surface area contributed by atoms with Gasteiger partial charge in [0.1, 0.15) is 17.2 Å². The number of nitrogens with zero attached hydrogens (tertiary/aromatic N) is 3. The first-order chi connectivity index (χ1) is 17.6. The van der Waals surface area contributed by atoms with Gasteiger partial charge in [-0.25, -0.2) is 0 Å². The zero-order valence-electron chi connectivity index (χ0n) is 20.0. The fourth-order valence-electron chi connectivity index (χ4n) is 3.35. The highest BCUT2D eigenvalue weighted by atomic mass is 16.5.